The Balaban J connectivity index is 1.21. The van der Waals surface area contributed by atoms with Crippen molar-refractivity contribution in [2.45, 2.75) is 51.4 Å². The summed E-state index contributed by atoms with van der Waals surface area (Å²) < 4.78 is 0. The summed E-state index contributed by atoms with van der Waals surface area (Å²) in [6.07, 6.45) is 10.2. The predicted molar refractivity (Wildman–Crippen MR) is 119 cm³/mol. The van der Waals surface area contributed by atoms with E-state index in [2.05, 4.69) is 16.3 Å². The normalized spacial score (nSPS) is 25.4. The highest BCUT2D eigenvalue weighted by atomic mass is 35.5. The van der Waals surface area contributed by atoms with Crippen molar-refractivity contribution in [3.8, 4) is 0 Å². The highest BCUT2D eigenvalue weighted by Crippen LogP contribution is 2.52. The first kappa shape index (κ1) is 19.7. The molecule has 1 aromatic carbocycles. The van der Waals surface area contributed by atoms with Crippen LogP contribution in [0.4, 0.5) is 5.69 Å². The molecule has 4 aliphatic rings. The third-order valence-corrected chi connectivity index (χ3v) is 8.36. The molecular formula is C24H34ClN3O. The van der Waals surface area contributed by atoms with E-state index >= 15 is 0 Å². The quantitative estimate of drug-likeness (QED) is 0.785. The van der Waals surface area contributed by atoms with Crippen LogP contribution in [-0.2, 0) is 0 Å². The molecule has 3 heterocycles. The predicted octanol–water partition coefficient (Wildman–Crippen LogP) is 4.57. The van der Waals surface area contributed by atoms with Crippen molar-refractivity contribution in [3.05, 3.63) is 28.8 Å². The molecule has 5 heteroatoms. The number of rotatable bonds is 3. The molecule has 0 bridgehead atoms. The standard InChI is InChI=1S/C24H34ClN3O/c25-22-16-20(27-14-6-19(7-15-27)18-4-11-26-12-5-18)2-3-21(22)23(29)28-13-1-8-24(17-28)9-10-24/h2-3,16,18-19,26H,1,4-15,17H2. The number of piperidine rings is 3. The number of anilines is 1. The number of carbonyl (C=O) groups is 1. The number of hydrogen-bond acceptors (Lipinski definition) is 3. The number of amides is 1. The molecule has 1 aromatic rings. The Kier molecular flexibility index (Phi) is 5.51. The van der Waals surface area contributed by atoms with E-state index in [1.165, 1.54) is 63.7 Å². The molecule has 0 aromatic heterocycles. The second-order valence-electron chi connectivity index (χ2n) is 9.91. The molecule has 5 rings (SSSR count). The van der Waals surface area contributed by atoms with E-state index in [1.54, 1.807) is 0 Å². The highest BCUT2D eigenvalue weighted by Gasteiger charge is 2.46. The minimum Gasteiger partial charge on any atom is -0.371 e. The Morgan fingerprint density at radius 1 is 1.00 bits per heavy atom. The zero-order valence-corrected chi connectivity index (χ0v) is 18.2. The molecule has 3 aliphatic heterocycles. The van der Waals surface area contributed by atoms with Gasteiger partial charge in [0.2, 0.25) is 0 Å². The van der Waals surface area contributed by atoms with Gasteiger partial charge in [-0.3, -0.25) is 4.79 Å². The molecule has 0 atom stereocenters. The third-order valence-electron chi connectivity index (χ3n) is 8.04. The monoisotopic (exact) mass is 415 g/mol. The maximum Gasteiger partial charge on any atom is 0.255 e. The minimum absolute atomic E-state index is 0.122. The minimum atomic E-state index is 0.122. The summed E-state index contributed by atoms with van der Waals surface area (Å²) in [6.45, 7) is 6.39. The fourth-order valence-corrected chi connectivity index (χ4v) is 6.21. The number of carbonyl (C=O) groups excluding carboxylic acids is 1. The molecule has 29 heavy (non-hydrogen) atoms. The summed E-state index contributed by atoms with van der Waals surface area (Å²) >= 11 is 6.62. The lowest BCUT2D eigenvalue weighted by Crippen LogP contribution is -2.41. The lowest BCUT2D eigenvalue weighted by atomic mass is 9.79. The van der Waals surface area contributed by atoms with E-state index < -0.39 is 0 Å². The van der Waals surface area contributed by atoms with Gasteiger partial charge in [-0.05, 0) is 99.9 Å². The molecule has 4 nitrogen and oxygen atoms in total. The van der Waals surface area contributed by atoms with Gasteiger partial charge in [0.25, 0.3) is 5.91 Å². The van der Waals surface area contributed by atoms with Crippen LogP contribution in [0.25, 0.3) is 0 Å². The van der Waals surface area contributed by atoms with Crippen LogP contribution in [0.1, 0.15) is 61.7 Å². The van der Waals surface area contributed by atoms with Gasteiger partial charge in [0.1, 0.15) is 0 Å². The van der Waals surface area contributed by atoms with Crippen molar-refractivity contribution >= 4 is 23.2 Å². The first-order chi connectivity index (χ1) is 14.1. The summed E-state index contributed by atoms with van der Waals surface area (Å²) in [6, 6.07) is 6.10. The number of benzene rings is 1. The average Bonchev–Trinajstić information content (AvgIpc) is 3.52. The van der Waals surface area contributed by atoms with Crippen molar-refractivity contribution in [3.63, 3.8) is 0 Å². The van der Waals surface area contributed by atoms with Crippen LogP contribution in [0, 0.1) is 17.3 Å². The zero-order chi connectivity index (χ0) is 19.8. The number of nitrogens with zero attached hydrogens (tertiary/aromatic N) is 2. The second kappa shape index (κ2) is 8.11. The van der Waals surface area contributed by atoms with Crippen molar-refractivity contribution in [2.24, 2.45) is 17.3 Å². The van der Waals surface area contributed by atoms with Gasteiger partial charge in [-0.15, -0.1) is 0 Å². The number of nitrogens with one attached hydrogen (secondary N) is 1. The van der Waals surface area contributed by atoms with Gasteiger partial charge in [0, 0.05) is 31.9 Å². The van der Waals surface area contributed by atoms with E-state index in [0.29, 0.717) is 16.0 Å². The van der Waals surface area contributed by atoms with Gasteiger partial charge >= 0.3 is 0 Å². The van der Waals surface area contributed by atoms with Crippen LogP contribution < -0.4 is 10.2 Å². The van der Waals surface area contributed by atoms with Crippen LogP contribution in [0.15, 0.2) is 18.2 Å². The van der Waals surface area contributed by atoms with Gasteiger partial charge in [-0.1, -0.05) is 11.6 Å². The highest BCUT2D eigenvalue weighted by molar-refractivity contribution is 6.34. The Labute approximate surface area is 180 Å². The topological polar surface area (TPSA) is 35.6 Å². The molecule has 1 saturated carbocycles. The maximum absolute atomic E-state index is 13.1. The van der Waals surface area contributed by atoms with E-state index in [0.717, 1.165) is 44.4 Å². The molecule has 158 valence electrons. The Hall–Kier alpha value is -1.26. The first-order valence-corrected chi connectivity index (χ1v) is 12.1. The lowest BCUT2D eigenvalue weighted by Gasteiger charge is -2.39. The zero-order valence-electron chi connectivity index (χ0n) is 17.5. The summed E-state index contributed by atoms with van der Waals surface area (Å²) in [7, 11) is 0. The fraction of sp³-hybridized carbons (Fsp3) is 0.708. The van der Waals surface area contributed by atoms with E-state index in [4.69, 9.17) is 11.6 Å². The van der Waals surface area contributed by atoms with E-state index in [9.17, 15) is 4.79 Å². The number of likely N-dealkylation sites (tertiary alicyclic amines) is 1. The van der Waals surface area contributed by atoms with E-state index in [-0.39, 0.29) is 5.91 Å². The second-order valence-corrected chi connectivity index (χ2v) is 10.3. The maximum atomic E-state index is 13.1. The van der Waals surface area contributed by atoms with Gasteiger partial charge in [-0.25, -0.2) is 0 Å². The fourth-order valence-electron chi connectivity index (χ4n) is 5.96. The van der Waals surface area contributed by atoms with Crippen LogP contribution >= 0.6 is 11.6 Å². The molecule has 1 N–H and O–H groups in total. The summed E-state index contributed by atoms with van der Waals surface area (Å²) in [5, 5.41) is 4.10. The molecule has 1 amide bonds. The SMILES string of the molecule is O=C(c1ccc(N2CCC(C3CCNCC3)CC2)cc1Cl)N1CCCC2(CC2)C1. The van der Waals surface area contributed by atoms with Crippen molar-refractivity contribution in [1.82, 2.24) is 10.2 Å². The molecular weight excluding hydrogens is 382 g/mol. The Morgan fingerprint density at radius 2 is 1.72 bits per heavy atom. The lowest BCUT2D eigenvalue weighted by molar-refractivity contribution is 0.0655. The van der Waals surface area contributed by atoms with Gasteiger partial charge in [0.15, 0.2) is 0 Å². The number of hydrogen-bond donors (Lipinski definition) is 1. The molecule has 0 radical (unpaired) electrons. The van der Waals surface area contributed by atoms with E-state index in [1.807, 2.05) is 17.0 Å². The molecule has 3 saturated heterocycles. The summed E-state index contributed by atoms with van der Waals surface area (Å²) in [5.41, 5.74) is 2.30. The molecule has 0 unspecified atom stereocenters. The van der Waals surface area contributed by atoms with Gasteiger partial charge in [0.05, 0.1) is 10.6 Å². The van der Waals surface area contributed by atoms with Crippen LogP contribution in [-0.4, -0.2) is 50.1 Å². The summed E-state index contributed by atoms with van der Waals surface area (Å²) in [4.78, 5) is 17.6. The van der Waals surface area contributed by atoms with Crippen LogP contribution in [0.2, 0.25) is 5.02 Å². The van der Waals surface area contributed by atoms with Crippen molar-refractivity contribution in [2.75, 3.05) is 44.2 Å². The van der Waals surface area contributed by atoms with Crippen LogP contribution in [0.5, 0.6) is 0 Å². The molecule has 1 aliphatic carbocycles. The Morgan fingerprint density at radius 3 is 2.41 bits per heavy atom. The first-order valence-electron chi connectivity index (χ1n) is 11.7. The largest absolute Gasteiger partial charge is 0.371 e. The smallest absolute Gasteiger partial charge is 0.255 e. The van der Waals surface area contributed by atoms with Crippen molar-refractivity contribution in [1.29, 1.82) is 0 Å². The summed E-state index contributed by atoms with van der Waals surface area (Å²) in [5.74, 6) is 1.90. The number of halogens is 1. The third kappa shape index (κ3) is 4.16. The molecule has 4 fully saturated rings. The average molecular weight is 416 g/mol. The van der Waals surface area contributed by atoms with Gasteiger partial charge < -0.3 is 15.1 Å². The Bertz CT molecular complexity index is 748. The van der Waals surface area contributed by atoms with Crippen molar-refractivity contribution < 1.29 is 4.79 Å². The van der Waals surface area contributed by atoms with Gasteiger partial charge in [-0.2, -0.15) is 0 Å². The molecule has 1 spiro atoms. The van der Waals surface area contributed by atoms with Crippen LogP contribution in [0.3, 0.4) is 0 Å².